The van der Waals surface area contributed by atoms with Crippen LogP contribution in [0, 0.1) is 0 Å². The predicted molar refractivity (Wildman–Crippen MR) is 365 cm³/mol. The number of unbranched alkanes of at least 4 members (excludes halogenated alkanes) is 42. The summed E-state index contributed by atoms with van der Waals surface area (Å²) in [7, 11) is 0. The molecule has 0 saturated carbocycles. The molecule has 0 atom stereocenters. The van der Waals surface area contributed by atoms with Gasteiger partial charge in [-0.1, -0.05) is 327 Å². The molecule has 13 heteroatoms. The third kappa shape index (κ3) is 48.9. The van der Waals surface area contributed by atoms with Gasteiger partial charge in [-0.05, 0) is 55.7 Å². The fraction of sp³-hybridized carbons (Fsp3) is 0.680. The second kappa shape index (κ2) is 60.9. The van der Waals surface area contributed by atoms with E-state index in [1.165, 1.54) is 269 Å². The number of nitrogens with one attached hydrogen (secondary N) is 3. The Morgan fingerprint density at radius 2 is 0.398 bits per heavy atom. The van der Waals surface area contributed by atoms with E-state index in [2.05, 4.69) is 36.7 Å². The van der Waals surface area contributed by atoms with Crippen LogP contribution in [0.15, 0.2) is 72.8 Å². The van der Waals surface area contributed by atoms with Crippen LogP contribution in [0.2, 0.25) is 0 Å². The summed E-state index contributed by atoms with van der Waals surface area (Å²) < 4.78 is 0. The van der Waals surface area contributed by atoms with E-state index in [-0.39, 0.29) is 51.8 Å². The van der Waals surface area contributed by atoms with Crippen molar-refractivity contribution >= 4 is 52.7 Å². The van der Waals surface area contributed by atoms with Gasteiger partial charge in [0.15, 0.2) is 0 Å². The Hall–Kier alpha value is -4.99. The van der Waals surface area contributed by atoms with Gasteiger partial charge in [-0.25, -0.2) is 14.4 Å². The molecule has 0 aromatic heterocycles. The first-order valence-electron chi connectivity index (χ1n) is 35.3. The van der Waals surface area contributed by atoms with E-state index in [1.807, 2.05) is 0 Å². The summed E-state index contributed by atoms with van der Waals surface area (Å²) in [5.74, 6) is -3.37. The molecule has 0 saturated heterocycles. The zero-order chi connectivity index (χ0) is 63.5. The Morgan fingerprint density at radius 1 is 0.250 bits per heavy atom. The second-order valence-corrected chi connectivity index (χ2v) is 24.3. The molecular weight excluding hydrogens is 1140 g/mol. The number of carboxylic acid groups (broad SMARTS) is 3. The Morgan fingerprint density at radius 3 is 0.557 bits per heavy atom. The van der Waals surface area contributed by atoms with E-state index >= 15 is 0 Å². The minimum atomic E-state index is -1.02. The van der Waals surface area contributed by atoms with Gasteiger partial charge >= 0.3 is 17.9 Å². The SMILES string of the molecule is CCCCCCCCCCCCCCCCCC(=O)Nc1ccccc1C(=O)O.CCCCCCCCCCCCCCCCCC(=O)Nc1ccccc1C(=O)O.CCCCCCCCCCCCCCCCCC(=O)Nc1ccccc1C(=O)O.[Cr]. The first-order valence-corrected chi connectivity index (χ1v) is 35.3. The van der Waals surface area contributed by atoms with Crippen molar-refractivity contribution in [2.24, 2.45) is 0 Å². The van der Waals surface area contributed by atoms with Crippen molar-refractivity contribution in [1.82, 2.24) is 0 Å². The minimum Gasteiger partial charge on any atom is -0.478 e. The quantitative estimate of drug-likeness (QED) is 0.0298. The number of hydrogen-bond donors (Lipinski definition) is 6. The summed E-state index contributed by atoms with van der Waals surface area (Å²) in [6.07, 6.45) is 59.8. The summed E-state index contributed by atoms with van der Waals surface area (Å²) in [6.45, 7) is 6.79. The molecule has 88 heavy (non-hydrogen) atoms. The van der Waals surface area contributed by atoms with Gasteiger partial charge in [0.2, 0.25) is 17.7 Å². The fourth-order valence-corrected chi connectivity index (χ4v) is 10.9. The van der Waals surface area contributed by atoms with Crippen LogP contribution in [0.5, 0.6) is 0 Å². The molecule has 3 amide bonds. The number of carboxylic acids is 3. The molecule has 3 aromatic carbocycles. The van der Waals surface area contributed by atoms with E-state index < -0.39 is 17.9 Å². The Bertz CT molecular complexity index is 1960. The van der Waals surface area contributed by atoms with Crippen molar-refractivity contribution < 1.29 is 61.4 Å². The third-order valence-electron chi connectivity index (χ3n) is 16.3. The average Bonchev–Trinajstić information content (AvgIpc) is 3.25. The third-order valence-corrected chi connectivity index (χ3v) is 16.3. The van der Waals surface area contributed by atoms with E-state index in [4.69, 9.17) is 15.3 Å². The molecule has 0 aliphatic rings. The predicted octanol–water partition coefficient (Wildman–Crippen LogP) is 22.8. The van der Waals surface area contributed by atoms with Gasteiger partial charge in [-0.15, -0.1) is 0 Å². The first kappa shape index (κ1) is 83.0. The normalized spacial score (nSPS) is 10.7. The van der Waals surface area contributed by atoms with Crippen LogP contribution in [0.25, 0.3) is 0 Å². The maximum atomic E-state index is 12.0. The smallest absolute Gasteiger partial charge is 0.337 e. The number of benzene rings is 3. The van der Waals surface area contributed by atoms with Gasteiger partial charge in [-0.3, -0.25) is 14.4 Å². The van der Waals surface area contributed by atoms with Crippen molar-refractivity contribution in [2.75, 3.05) is 16.0 Å². The molecule has 6 N–H and O–H groups in total. The van der Waals surface area contributed by atoms with Gasteiger partial charge in [0.25, 0.3) is 0 Å². The molecule has 0 spiro atoms. The standard InChI is InChI=1S/3C25H41NO3.Cr/c3*1-2-3-4-5-6-7-8-9-10-11-12-13-14-15-16-21-24(27)26-23-20-18-17-19-22(23)25(28)29;/h3*17-20H,2-16,21H2,1H3,(H,26,27)(H,28,29);. The van der Waals surface area contributed by atoms with Gasteiger partial charge in [0.1, 0.15) is 0 Å². The molecule has 3 rings (SSSR count). The van der Waals surface area contributed by atoms with Crippen LogP contribution in [-0.2, 0) is 31.7 Å². The van der Waals surface area contributed by atoms with Crippen LogP contribution < -0.4 is 16.0 Å². The average molecular weight is 1260 g/mol. The maximum Gasteiger partial charge on any atom is 0.337 e. The summed E-state index contributed by atoms with van der Waals surface area (Å²) in [4.78, 5) is 69.5. The van der Waals surface area contributed by atoms with Crippen LogP contribution in [0.1, 0.15) is 360 Å². The van der Waals surface area contributed by atoms with Crippen LogP contribution in [0.4, 0.5) is 17.1 Å². The number of anilines is 3. The molecule has 0 aliphatic carbocycles. The minimum absolute atomic E-state index is 0. The zero-order valence-corrected chi connectivity index (χ0v) is 56.8. The second-order valence-electron chi connectivity index (χ2n) is 24.3. The summed E-state index contributed by atoms with van der Waals surface area (Å²) >= 11 is 0. The molecule has 0 bridgehead atoms. The number of para-hydroxylation sites is 3. The fourth-order valence-electron chi connectivity index (χ4n) is 10.9. The summed E-state index contributed by atoms with van der Waals surface area (Å²) in [5, 5.41) is 35.6. The van der Waals surface area contributed by atoms with Gasteiger partial charge in [-0.2, -0.15) is 0 Å². The Kier molecular flexibility index (Phi) is 57.4. The molecular formula is C75H123CrN3O9. The number of amides is 3. The largest absolute Gasteiger partial charge is 0.478 e. The van der Waals surface area contributed by atoms with Crippen molar-refractivity contribution in [1.29, 1.82) is 0 Å². The van der Waals surface area contributed by atoms with E-state index in [1.54, 1.807) is 54.6 Å². The zero-order valence-electron chi connectivity index (χ0n) is 55.6. The van der Waals surface area contributed by atoms with Crippen molar-refractivity contribution in [3.8, 4) is 0 Å². The van der Waals surface area contributed by atoms with Crippen molar-refractivity contribution in [2.45, 2.75) is 329 Å². The summed E-state index contributed by atoms with van der Waals surface area (Å²) in [6, 6.07) is 19.6. The van der Waals surface area contributed by atoms with Gasteiger partial charge in [0, 0.05) is 36.6 Å². The topological polar surface area (TPSA) is 199 Å². The molecule has 0 aliphatic heterocycles. The molecule has 0 heterocycles. The van der Waals surface area contributed by atoms with Gasteiger partial charge < -0.3 is 31.3 Å². The number of rotatable bonds is 54. The van der Waals surface area contributed by atoms with Crippen LogP contribution in [0.3, 0.4) is 0 Å². The molecule has 0 fully saturated rings. The molecule has 0 unspecified atom stereocenters. The number of aromatic carboxylic acids is 3. The summed E-state index contributed by atoms with van der Waals surface area (Å²) in [5.41, 5.74) is 1.55. The molecule has 3 aromatic rings. The van der Waals surface area contributed by atoms with E-state index in [0.717, 1.165) is 38.5 Å². The Labute approximate surface area is 545 Å². The number of hydrogen-bond acceptors (Lipinski definition) is 6. The maximum absolute atomic E-state index is 12.0. The van der Waals surface area contributed by atoms with Gasteiger partial charge in [0.05, 0.1) is 33.8 Å². The first-order chi connectivity index (χ1) is 42.4. The van der Waals surface area contributed by atoms with Crippen molar-refractivity contribution in [3.05, 3.63) is 89.5 Å². The Balaban J connectivity index is 0.00000128. The van der Waals surface area contributed by atoms with Crippen LogP contribution in [-0.4, -0.2) is 50.9 Å². The number of carbonyl (C=O) groups is 6. The van der Waals surface area contributed by atoms with E-state index in [9.17, 15) is 28.8 Å². The number of carbonyl (C=O) groups excluding carboxylic acids is 3. The molecule has 0 radical (unpaired) electrons. The van der Waals surface area contributed by atoms with Crippen molar-refractivity contribution in [3.63, 3.8) is 0 Å². The molecule has 498 valence electrons. The van der Waals surface area contributed by atoms with Crippen LogP contribution >= 0.6 is 0 Å². The van der Waals surface area contributed by atoms with E-state index in [0.29, 0.717) is 36.3 Å². The molecule has 12 nitrogen and oxygen atoms in total. The monoisotopic (exact) mass is 1260 g/mol.